The predicted octanol–water partition coefficient (Wildman–Crippen LogP) is 1.91. The van der Waals surface area contributed by atoms with Gasteiger partial charge in [0.1, 0.15) is 5.69 Å². The van der Waals surface area contributed by atoms with E-state index in [4.69, 9.17) is 4.74 Å². The number of pyridine rings is 1. The molecule has 2 fully saturated rings. The van der Waals surface area contributed by atoms with Gasteiger partial charge < -0.3 is 19.5 Å². The van der Waals surface area contributed by atoms with Gasteiger partial charge in [0.15, 0.2) is 0 Å². The fourth-order valence-corrected chi connectivity index (χ4v) is 3.77. The molecule has 0 aliphatic carbocycles. The maximum Gasteiger partial charge on any atom is 0.270 e. The van der Waals surface area contributed by atoms with E-state index in [1.54, 1.807) is 6.20 Å². The summed E-state index contributed by atoms with van der Waals surface area (Å²) in [4.78, 5) is 18.7. The number of aryl methyl sites for hydroxylation is 1. The Labute approximate surface area is 141 Å². The molecule has 2 aromatic heterocycles. The number of carbonyl (C=O) groups is 1. The molecule has 0 radical (unpaired) electrons. The third-order valence-electron chi connectivity index (χ3n) is 5.01. The van der Waals surface area contributed by atoms with E-state index in [2.05, 4.69) is 10.3 Å². The Bertz CT molecular complexity index is 730. The van der Waals surface area contributed by atoms with Gasteiger partial charge in [0.25, 0.3) is 5.91 Å². The van der Waals surface area contributed by atoms with E-state index in [-0.39, 0.29) is 17.6 Å². The minimum Gasteiger partial charge on any atom is -0.379 e. The maximum atomic E-state index is 12.7. The van der Waals surface area contributed by atoms with Crippen LogP contribution in [0.25, 0.3) is 0 Å². The van der Waals surface area contributed by atoms with Gasteiger partial charge in [-0.15, -0.1) is 0 Å². The van der Waals surface area contributed by atoms with Crippen molar-refractivity contribution >= 4 is 11.6 Å². The van der Waals surface area contributed by atoms with Gasteiger partial charge in [-0.05, 0) is 30.7 Å². The van der Waals surface area contributed by atoms with E-state index < -0.39 is 0 Å². The third kappa shape index (κ3) is 2.78. The Morgan fingerprint density at radius 1 is 1.42 bits per heavy atom. The van der Waals surface area contributed by atoms with Crippen LogP contribution in [0.2, 0.25) is 0 Å². The van der Waals surface area contributed by atoms with Gasteiger partial charge in [-0.1, -0.05) is 0 Å². The van der Waals surface area contributed by atoms with Crippen molar-refractivity contribution in [2.24, 2.45) is 7.05 Å². The zero-order chi connectivity index (χ0) is 16.6. The average Bonchev–Trinajstić information content (AvgIpc) is 3.30. The van der Waals surface area contributed by atoms with E-state index >= 15 is 0 Å². The molecule has 2 saturated heterocycles. The predicted molar refractivity (Wildman–Crippen MR) is 90.9 cm³/mol. The van der Waals surface area contributed by atoms with Gasteiger partial charge in [0.2, 0.25) is 0 Å². The Kier molecular flexibility index (Phi) is 3.76. The lowest BCUT2D eigenvalue weighted by Gasteiger charge is -2.23. The average molecular weight is 326 g/mol. The highest BCUT2D eigenvalue weighted by Crippen LogP contribution is 2.36. The zero-order valence-corrected chi connectivity index (χ0v) is 13.8. The molecular formula is C18H22N4O2. The number of ether oxygens (including phenoxy) is 1. The molecule has 1 amide bonds. The normalized spacial score (nSPS) is 26.2. The monoisotopic (exact) mass is 326 g/mol. The zero-order valence-electron chi connectivity index (χ0n) is 13.8. The molecule has 6 nitrogen and oxygen atoms in total. The molecule has 0 bridgehead atoms. The lowest BCUT2D eigenvalue weighted by Crippen LogP contribution is -2.36. The minimum atomic E-state index is -0.208. The highest BCUT2D eigenvalue weighted by atomic mass is 16.5. The van der Waals surface area contributed by atoms with E-state index in [0.717, 1.165) is 30.8 Å². The van der Waals surface area contributed by atoms with Gasteiger partial charge in [0, 0.05) is 38.6 Å². The molecule has 2 aliphatic rings. The summed E-state index contributed by atoms with van der Waals surface area (Å²) < 4.78 is 8.00. The summed E-state index contributed by atoms with van der Waals surface area (Å²) in [5, 5.41) is 3.48. The van der Waals surface area contributed by atoms with Crippen LogP contribution in [0, 0.1) is 0 Å². The number of nitrogens with zero attached hydrogens (tertiary/aromatic N) is 3. The first-order valence-corrected chi connectivity index (χ1v) is 8.36. The number of nitrogens with one attached hydrogen (secondary N) is 1. The molecule has 4 heterocycles. The van der Waals surface area contributed by atoms with Crippen molar-refractivity contribution in [2.45, 2.75) is 24.5 Å². The van der Waals surface area contributed by atoms with Crippen molar-refractivity contribution in [2.75, 3.05) is 25.0 Å². The van der Waals surface area contributed by atoms with E-state index in [1.165, 1.54) is 0 Å². The number of carbonyl (C=O) groups excluding carboxylic acids is 1. The van der Waals surface area contributed by atoms with Crippen molar-refractivity contribution in [3.63, 3.8) is 0 Å². The first kappa shape index (κ1) is 15.2. The fraction of sp³-hybridized carbons (Fsp3) is 0.444. The van der Waals surface area contributed by atoms with Crippen molar-refractivity contribution in [1.29, 1.82) is 0 Å². The lowest BCUT2D eigenvalue weighted by atomic mass is 9.97. The van der Waals surface area contributed by atoms with Crippen LogP contribution in [0.3, 0.4) is 0 Å². The Hall–Kier alpha value is -2.34. The second kappa shape index (κ2) is 5.94. The van der Waals surface area contributed by atoms with Crippen LogP contribution < -0.4 is 5.32 Å². The van der Waals surface area contributed by atoms with Crippen LogP contribution in [0.15, 0.2) is 42.9 Å². The van der Waals surface area contributed by atoms with Gasteiger partial charge in [-0.3, -0.25) is 9.78 Å². The number of amides is 1. The number of anilines is 1. The van der Waals surface area contributed by atoms with Crippen molar-refractivity contribution in [1.82, 2.24) is 14.5 Å². The number of aromatic nitrogens is 2. The van der Waals surface area contributed by atoms with Gasteiger partial charge in [-0.25, -0.2) is 0 Å². The summed E-state index contributed by atoms with van der Waals surface area (Å²) in [5.74, 6) is 0.0895. The smallest absolute Gasteiger partial charge is 0.270 e. The maximum absolute atomic E-state index is 12.7. The highest BCUT2D eigenvalue weighted by Gasteiger charge is 2.47. The first-order valence-electron chi connectivity index (χ1n) is 8.36. The first-order chi connectivity index (χ1) is 11.7. The number of hydrogen-bond donors (Lipinski definition) is 1. The SMILES string of the molecule is Cn1cccc1C(=O)N1CCC2(CC(Nc3cccnc3)CO2)C1. The largest absolute Gasteiger partial charge is 0.379 e. The van der Waals surface area contributed by atoms with Crippen LogP contribution in [0.1, 0.15) is 23.3 Å². The Morgan fingerprint density at radius 3 is 3.08 bits per heavy atom. The molecule has 2 atom stereocenters. The Morgan fingerprint density at radius 2 is 2.33 bits per heavy atom. The third-order valence-corrected chi connectivity index (χ3v) is 5.01. The summed E-state index contributed by atoms with van der Waals surface area (Å²) in [6.45, 7) is 2.09. The van der Waals surface area contributed by atoms with Crippen LogP contribution >= 0.6 is 0 Å². The molecule has 126 valence electrons. The summed E-state index contributed by atoms with van der Waals surface area (Å²) in [5.41, 5.74) is 1.54. The van der Waals surface area contributed by atoms with Crippen LogP contribution in [0.4, 0.5) is 5.69 Å². The second-order valence-electron chi connectivity index (χ2n) is 6.76. The van der Waals surface area contributed by atoms with Crippen molar-refractivity contribution in [3.05, 3.63) is 48.5 Å². The second-order valence-corrected chi connectivity index (χ2v) is 6.76. The molecule has 24 heavy (non-hydrogen) atoms. The molecule has 4 rings (SSSR count). The van der Waals surface area contributed by atoms with E-state index in [9.17, 15) is 4.79 Å². The van der Waals surface area contributed by atoms with E-state index in [1.807, 2.05) is 53.2 Å². The highest BCUT2D eigenvalue weighted by molar-refractivity contribution is 5.93. The molecular weight excluding hydrogens is 304 g/mol. The van der Waals surface area contributed by atoms with Crippen LogP contribution in [-0.2, 0) is 11.8 Å². The summed E-state index contributed by atoms with van der Waals surface area (Å²) in [7, 11) is 1.90. The molecule has 0 saturated carbocycles. The van der Waals surface area contributed by atoms with Gasteiger partial charge in [0.05, 0.1) is 30.5 Å². The number of rotatable bonds is 3. The van der Waals surface area contributed by atoms with Crippen LogP contribution in [-0.4, -0.2) is 51.7 Å². The number of hydrogen-bond acceptors (Lipinski definition) is 4. The molecule has 2 aliphatic heterocycles. The van der Waals surface area contributed by atoms with E-state index in [0.29, 0.717) is 13.2 Å². The molecule has 1 spiro atoms. The summed E-state index contributed by atoms with van der Waals surface area (Å²) in [6.07, 6.45) is 7.30. The van der Waals surface area contributed by atoms with Crippen molar-refractivity contribution < 1.29 is 9.53 Å². The topological polar surface area (TPSA) is 59.4 Å². The standard InChI is InChI=1S/C18H22N4O2/c1-21-8-3-5-16(21)17(23)22-9-6-18(13-22)10-15(12-24-18)20-14-4-2-7-19-11-14/h2-5,7-8,11,15,20H,6,9-10,12-13H2,1H3. The minimum absolute atomic E-state index is 0.0895. The molecule has 6 heteroatoms. The number of likely N-dealkylation sites (tertiary alicyclic amines) is 1. The quantitative estimate of drug-likeness (QED) is 0.936. The molecule has 0 aromatic carbocycles. The van der Waals surface area contributed by atoms with Crippen molar-refractivity contribution in [3.8, 4) is 0 Å². The van der Waals surface area contributed by atoms with Gasteiger partial charge in [-0.2, -0.15) is 0 Å². The Balaban J connectivity index is 1.40. The summed E-state index contributed by atoms with van der Waals surface area (Å²) in [6, 6.07) is 7.97. The van der Waals surface area contributed by atoms with Gasteiger partial charge >= 0.3 is 0 Å². The molecule has 2 unspecified atom stereocenters. The van der Waals surface area contributed by atoms with Crippen LogP contribution in [0.5, 0.6) is 0 Å². The fourth-order valence-electron chi connectivity index (χ4n) is 3.77. The molecule has 1 N–H and O–H groups in total. The molecule has 2 aromatic rings. The lowest BCUT2D eigenvalue weighted by molar-refractivity contribution is 0.0124. The summed E-state index contributed by atoms with van der Waals surface area (Å²) >= 11 is 0.